The lowest BCUT2D eigenvalue weighted by atomic mass is 10.00. The Kier molecular flexibility index (Phi) is 2.59. The van der Waals surface area contributed by atoms with Gasteiger partial charge in [-0.2, -0.15) is 0 Å². The second-order valence-electron chi connectivity index (χ2n) is 5.15. The number of nitrogens with one attached hydrogen (secondary N) is 2. The van der Waals surface area contributed by atoms with Crippen molar-refractivity contribution >= 4 is 0 Å². The van der Waals surface area contributed by atoms with Crippen LogP contribution in [-0.4, -0.2) is 22.9 Å². The highest BCUT2D eigenvalue weighted by atomic mass is 16.1. The van der Waals surface area contributed by atoms with E-state index in [0.717, 1.165) is 25.3 Å². The molecule has 1 aromatic rings. The van der Waals surface area contributed by atoms with Gasteiger partial charge in [0.1, 0.15) is 0 Å². The summed E-state index contributed by atoms with van der Waals surface area (Å²) in [5.41, 5.74) is 1.29. The van der Waals surface area contributed by atoms with Crippen LogP contribution in [0.1, 0.15) is 37.3 Å². The van der Waals surface area contributed by atoms with Crippen LogP contribution in [0.3, 0.4) is 0 Å². The van der Waals surface area contributed by atoms with Crippen LogP contribution >= 0.6 is 0 Å². The molecule has 0 amide bonds. The zero-order valence-electron chi connectivity index (χ0n) is 9.54. The van der Waals surface area contributed by atoms with Crippen molar-refractivity contribution in [1.82, 2.24) is 15.1 Å². The highest BCUT2D eigenvalue weighted by Crippen LogP contribution is 2.38. The van der Waals surface area contributed by atoms with Crippen molar-refractivity contribution in [2.45, 2.75) is 38.1 Å². The summed E-state index contributed by atoms with van der Waals surface area (Å²) in [5.74, 6) is 1.25. The molecule has 1 aliphatic carbocycles. The lowest BCUT2D eigenvalue weighted by molar-refractivity contribution is 0.321. The molecule has 88 valence electrons. The molecule has 16 heavy (non-hydrogen) atoms. The largest absolute Gasteiger partial charge is 0.316 e. The third kappa shape index (κ3) is 2.07. The number of aromatic nitrogens is 2. The molecule has 1 saturated heterocycles. The summed E-state index contributed by atoms with van der Waals surface area (Å²) in [7, 11) is 0. The Bertz CT molecular complexity index is 410. The SMILES string of the molecule is O=c1cc(C2CC2)[nH]n1C[C@H]1CCCNC1. The van der Waals surface area contributed by atoms with Crippen LogP contribution in [0.15, 0.2) is 10.9 Å². The smallest absolute Gasteiger partial charge is 0.266 e. The average molecular weight is 221 g/mol. The van der Waals surface area contributed by atoms with Gasteiger partial charge in [0.2, 0.25) is 0 Å². The molecule has 3 rings (SSSR count). The number of hydrogen-bond donors (Lipinski definition) is 2. The van der Waals surface area contributed by atoms with Crippen molar-refractivity contribution < 1.29 is 0 Å². The third-order valence-corrected chi connectivity index (χ3v) is 3.67. The number of piperidine rings is 1. The van der Waals surface area contributed by atoms with Crippen LogP contribution in [0.2, 0.25) is 0 Å². The Morgan fingerprint density at radius 3 is 2.94 bits per heavy atom. The minimum Gasteiger partial charge on any atom is -0.316 e. The quantitative estimate of drug-likeness (QED) is 0.801. The molecule has 0 radical (unpaired) electrons. The predicted molar refractivity (Wildman–Crippen MR) is 62.6 cm³/mol. The molecule has 0 aromatic carbocycles. The minimum absolute atomic E-state index is 0.146. The van der Waals surface area contributed by atoms with Crippen molar-refractivity contribution in [2.24, 2.45) is 5.92 Å². The Balaban J connectivity index is 1.70. The Morgan fingerprint density at radius 1 is 1.38 bits per heavy atom. The lowest BCUT2D eigenvalue weighted by Crippen LogP contribution is -2.34. The molecule has 4 heteroatoms. The van der Waals surface area contributed by atoms with Crippen LogP contribution < -0.4 is 10.9 Å². The van der Waals surface area contributed by atoms with E-state index < -0.39 is 0 Å². The second kappa shape index (κ2) is 4.09. The topological polar surface area (TPSA) is 49.8 Å². The normalized spacial score (nSPS) is 25.9. The van der Waals surface area contributed by atoms with E-state index in [1.807, 2.05) is 0 Å². The Labute approximate surface area is 95.0 Å². The van der Waals surface area contributed by atoms with Gasteiger partial charge < -0.3 is 5.32 Å². The molecular weight excluding hydrogens is 202 g/mol. The molecule has 2 aliphatic rings. The first-order valence-corrected chi connectivity index (χ1v) is 6.33. The van der Waals surface area contributed by atoms with Crippen molar-refractivity contribution in [3.63, 3.8) is 0 Å². The van der Waals surface area contributed by atoms with E-state index in [0.29, 0.717) is 11.8 Å². The lowest BCUT2D eigenvalue weighted by Gasteiger charge is -2.22. The van der Waals surface area contributed by atoms with Crippen molar-refractivity contribution in [3.8, 4) is 0 Å². The van der Waals surface area contributed by atoms with Gasteiger partial charge in [-0.1, -0.05) is 0 Å². The minimum atomic E-state index is 0.146. The van der Waals surface area contributed by atoms with Crippen LogP contribution in [-0.2, 0) is 6.54 Å². The van der Waals surface area contributed by atoms with Gasteiger partial charge in [0.05, 0.1) is 0 Å². The standard InChI is InChI=1S/C12H19N3O/c16-12-6-11(10-3-4-10)14-15(12)8-9-2-1-5-13-7-9/h6,9-10,13-14H,1-5,7-8H2/t9-/m0/s1. The molecule has 1 saturated carbocycles. The van der Waals surface area contributed by atoms with E-state index in [9.17, 15) is 4.79 Å². The fourth-order valence-electron chi connectivity index (χ4n) is 2.53. The molecule has 4 nitrogen and oxygen atoms in total. The maximum Gasteiger partial charge on any atom is 0.266 e. The fourth-order valence-corrected chi connectivity index (χ4v) is 2.53. The first-order chi connectivity index (χ1) is 7.83. The monoisotopic (exact) mass is 221 g/mol. The molecule has 0 spiro atoms. The second-order valence-corrected chi connectivity index (χ2v) is 5.15. The van der Waals surface area contributed by atoms with E-state index in [1.165, 1.54) is 25.7 Å². The zero-order valence-corrected chi connectivity index (χ0v) is 9.54. The van der Waals surface area contributed by atoms with Crippen LogP contribution in [0.4, 0.5) is 0 Å². The van der Waals surface area contributed by atoms with Gasteiger partial charge in [0.15, 0.2) is 0 Å². The van der Waals surface area contributed by atoms with Crippen LogP contribution in [0.5, 0.6) is 0 Å². The number of H-pyrrole nitrogens is 1. The summed E-state index contributed by atoms with van der Waals surface area (Å²) in [6, 6.07) is 1.79. The third-order valence-electron chi connectivity index (χ3n) is 3.67. The summed E-state index contributed by atoms with van der Waals surface area (Å²) < 4.78 is 1.80. The molecular formula is C12H19N3O. The molecule has 1 aromatic heterocycles. The summed E-state index contributed by atoms with van der Waals surface area (Å²) in [6.45, 7) is 3.02. The maximum atomic E-state index is 11.8. The summed E-state index contributed by atoms with van der Waals surface area (Å²) >= 11 is 0. The Hall–Kier alpha value is -1.03. The predicted octanol–water partition coefficient (Wildman–Crippen LogP) is 1.05. The van der Waals surface area contributed by atoms with E-state index in [1.54, 1.807) is 10.7 Å². The number of nitrogens with zero attached hydrogens (tertiary/aromatic N) is 1. The zero-order chi connectivity index (χ0) is 11.0. The molecule has 2 fully saturated rings. The fraction of sp³-hybridized carbons (Fsp3) is 0.750. The summed E-state index contributed by atoms with van der Waals surface area (Å²) in [6.07, 6.45) is 4.95. The van der Waals surface area contributed by atoms with Gasteiger partial charge in [-0.15, -0.1) is 0 Å². The molecule has 1 aliphatic heterocycles. The molecule has 0 bridgehead atoms. The number of hydrogen-bond acceptors (Lipinski definition) is 2. The molecule has 2 N–H and O–H groups in total. The van der Waals surface area contributed by atoms with Gasteiger partial charge in [-0.25, -0.2) is 0 Å². The first-order valence-electron chi connectivity index (χ1n) is 6.33. The molecule has 0 unspecified atom stereocenters. The Morgan fingerprint density at radius 2 is 2.25 bits per heavy atom. The van der Waals surface area contributed by atoms with E-state index in [-0.39, 0.29) is 5.56 Å². The average Bonchev–Trinajstić information content (AvgIpc) is 3.07. The highest BCUT2D eigenvalue weighted by Gasteiger charge is 2.26. The van der Waals surface area contributed by atoms with Crippen molar-refractivity contribution in [1.29, 1.82) is 0 Å². The number of rotatable bonds is 3. The van der Waals surface area contributed by atoms with Crippen molar-refractivity contribution in [2.75, 3.05) is 13.1 Å². The van der Waals surface area contributed by atoms with Crippen LogP contribution in [0, 0.1) is 5.92 Å². The van der Waals surface area contributed by atoms with E-state index in [4.69, 9.17) is 0 Å². The van der Waals surface area contributed by atoms with E-state index >= 15 is 0 Å². The highest BCUT2D eigenvalue weighted by molar-refractivity contribution is 5.12. The molecule has 1 atom stereocenters. The number of aromatic amines is 1. The van der Waals surface area contributed by atoms with Gasteiger partial charge in [0, 0.05) is 24.2 Å². The summed E-state index contributed by atoms with van der Waals surface area (Å²) in [4.78, 5) is 11.8. The van der Waals surface area contributed by atoms with Gasteiger partial charge >= 0.3 is 0 Å². The maximum absolute atomic E-state index is 11.8. The van der Waals surface area contributed by atoms with Crippen LogP contribution in [0.25, 0.3) is 0 Å². The van der Waals surface area contributed by atoms with E-state index in [2.05, 4.69) is 10.4 Å². The van der Waals surface area contributed by atoms with Gasteiger partial charge in [-0.3, -0.25) is 14.6 Å². The van der Waals surface area contributed by atoms with Gasteiger partial charge in [0.25, 0.3) is 5.56 Å². The molecule has 2 heterocycles. The van der Waals surface area contributed by atoms with Gasteiger partial charge in [-0.05, 0) is 44.7 Å². The van der Waals surface area contributed by atoms with Crippen molar-refractivity contribution in [3.05, 3.63) is 22.1 Å². The first kappa shape index (κ1) is 10.1. The summed E-state index contributed by atoms with van der Waals surface area (Å²) in [5, 5.41) is 6.65.